The number of nitrogens with zero attached hydrogens (tertiary/aromatic N) is 1. The van der Waals surface area contributed by atoms with Gasteiger partial charge in [-0.3, -0.25) is 0 Å². The third-order valence-corrected chi connectivity index (χ3v) is 3.42. The van der Waals surface area contributed by atoms with E-state index in [0.29, 0.717) is 13.2 Å². The Balaban J connectivity index is 1.59. The summed E-state index contributed by atoms with van der Waals surface area (Å²) in [5.41, 5.74) is 0. The first-order chi connectivity index (χ1) is 7.78. The van der Waals surface area contributed by atoms with Crippen molar-refractivity contribution in [1.29, 1.82) is 0 Å². The molecular formula is C11H19NO4. The van der Waals surface area contributed by atoms with Gasteiger partial charge in [0.1, 0.15) is 0 Å². The standard InChI is InChI=1S/C11H19NO4/c1-9-8-12-4-5-15-11(12,16-9)3-2-10-13-6-7-14-10/h9-10H,2-8H2,1H3. The number of fused-ring (bicyclic) bond motifs is 1. The van der Waals surface area contributed by atoms with Crippen LogP contribution in [0.5, 0.6) is 0 Å². The maximum Gasteiger partial charge on any atom is 0.230 e. The van der Waals surface area contributed by atoms with Gasteiger partial charge in [0.05, 0.1) is 25.9 Å². The predicted molar refractivity (Wildman–Crippen MR) is 55.7 cm³/mol. The Labute approximate surface area is 95.6 Å². The molecular weight excluding hydrogens is 210 g/mol. The minimum Gasteiger partial charge on any atom is -0.350 e. The molecule has 2 unspecified atom stereocenters. The van der Waals surface area contributed by atoms with Crippen molar-refractivity contribution < 1.29 is 18.9 Å². The van der Waals surface area contributed by atoms with Crippen LogP contribution in [0, 0.1) is 0 Å². The monoisotopic (exact) mass is 229 g/mol. The normalized spacial score (nSPS) is 40.7. The molecule has 5 nitrogen and oxygen atoms in total. The second kappa shape index (κ2) is 4.23. The van der Waals surface area contributed by atoms with Gasteiger partial charge in [-0.1, -0.05) is 0 Å². The van der Waals surface area contributed by atoms with Gasteiger partial charge in [0.15, 0.2) is 6.29 Å². The highest BCUT2D eigenvalue weighted by Crippen LogP contribution is 2.37. The molecule has 0 aromatic rings. The van der Waals surface area contributed by atoms with E-state index in [1.54, 1.807) is 0 Å². The van der Waals surface area contributed by atoms with Gasteiger partial charge < -0.3 is 18.9 Å². The van der Waals surface area contributed by atoms with Crippen LogP contribution in [0.4, 0.5) is 0 Å². The zero-order valence-electron chi connectivity index (χ0n) is 9.68. The van der Waals surface area contributed by atoms with Crippen LogP contribution < -0.4 is 0 Å². The molecule has 3 saturated heterocycles. The van der Waals surface area contributed by atoms with Crippen LogP contribution in [0.3, 0.4) is 0 Å². The average molecular weight is 229 g/mol. The van der Waals surface area contributed by atoms with Crippen molar-refractivity contribution in [1.82, 2.24) is 4.90 Å². The van der Waals surface area contributed by atoms with Crippen molar-refractivity contribution in [3.05, 3.63) is 0 Å². The Kier molecular flexibility index (Phi) is 2.89. The summed E-state index contributed by atoms with van der Waals surface area (Å²) in [7, 11) is 0. The van der Waals surface area contributed by atoms with Gasteiger partial charge in [-0.05, 0) is 6.92 Å². The van der Waals surface area contributed by atoms with E-state index in [1.807, 2.05) is 0 Å². The summed E-state index contributed by atoms with van der Waals surface area (Å²) < 4.78 is 22.6. The van der Waals surface area contributed by atoms with Crippen molar-refractivity contribution in [3.8, 4) is 0 Å². The highest BCUT2D eigenvalue weighted by atomic mass is 16.7. The Morgan fingerprint density at radius 3 is 2.88 bits per heavy atom. The molecule has 3 aliphatic heterocycles. The Hall–Kier alpha value is -0.200. The largest absolute Gasteiger partial charge is 0.350 e. The Morgan fingerprint density at radius 2 is 2.06 bits per heavy atom. The lowest BCUT2D eigenvalue weighted by Gasteiger charge is -2.29. The SMILES string of the molecule is CC1CN2CCOC2(CCC2OCCO2)O1. The Morgan fingerprint density at radius 1 is 1.25 bits per heavy atom. The third kappa shape index (κ3) is 1.87. The number of hydrogen-bond acceptors (Lipinski definition) is 5. The van der Waals surface area contributed by atoms with E-state index in [1.165, 1.54) is 0 Å². The summed E-state index contributed by atoms with van der Waals surface area (Å²) >= 11 is 0. The molecule has 3 aliphatic rings. The fraction of sp³-hybridized carbons (Fsp3) is 1.00. The summed E-state index contributed by atoms with van der Waals surface area (Å²) in [6.07, 6.45) is 1.84. The maximum absolute atomic E-state index is 5.93. The molecule has 2 atom stereocenters. The molecule has 0 bridgehead atoms. The first-order valence-electron chi connectivity index (χ1n) is 6.08. The first kappa shape index (κ1) is 10.9. The van der Waals surface area contributed by atoms with E-state index in [4.69, 9.17) is 18.9 Å². The van der Waals surface area contributed by atoms with Gasteiger partial charge in [0, 0.05) is 25.9 Å². The van der Waals surface area contributed by atoms with Gasteiger partial charge in [-0.25, -0.2) is 4.90 Å². The second-order valence-electron chi connectivity index (χ2n) is 4.65. The van der Waals surface area contributed by atoms with Crippen LogP contribution in [-0.2, 0) is 18.9 Å². The van der Waals surface area contributed by atoms with Crippen molar-refractivity contribution in [3.63, 3.8) is 0 Å². The van der Waals surface area contributed by atoms with Crippen molar-refractivity contribution in [2.75, 3.05) is 32.9 Å². The maximum atomic E-state index is 5.93. The molecule has 0 aliphatic carbocycles. The van der Waals surface area contributed by atoms with Crippen LogP contribution in [0.15, 0.2) is 0 Å². The smallest absolute Gasteiger partial charge is 0.230 e. The van der Waals surface area contributed by atoms with Gasteiger partial charge in [0.2, 0.25) is 5.91 Å². The molecule has 0 radical (unpaired) electrons. The molecule has 0 amide bonds. The van der Waals surface area contributed by atoms with E-state index in [2.05, 4.69) is 11.8 Å². The highest BCUT2D eigenvalue weighted by molar-refractivity contribution is 4.86. The molecule has 16 heavy (non-hydrogen) atoms. The van der Waals surface area contributed by atoms with Crippen LogP contribution in [0.2, 0.25) is 0 Å². The number of ether oxygens (including phenoxy) is 4. The zero-order chi connectivity index (χ0) is 11.0. The summed E-state index contributed by atoms with van der Waals surface area (Å²) in [6.45, 7) is 6.20. The van der Waals surface area contributed by atoms with Crippen LogP contribution in [-0.4, -0.2) is 56.1 Å². The van der Waals surface area contributed by atoms with E-state index >= 15 is 0 Å². The number of rotatable bonds is 3. The molecule has 3 rings (SSSR count). The van der Waals surface area contributed by atoms with E-state index in [9.17, 15) is 0 Å². The van der Waals surface area contributed by atoms with Crippen LogP contribution in [0.1, 0.15) is 19.8 Å². The minimum absolute atomic E-state index is 0.0695. The molecule has 0 spiro atoms. The molecule has 0 aromatic heterocycles. The van der Waals surface area contributed by atoms with E-state index in [-0.39, 0.29) is 12.4 Å². The van der Waals surface area contributed by atoms with Gasteiger partial charge in [0.25, 0.3) is 0 Å². The number of hydrogen-bond donors (Lipinski definition) is 0. The molecule has 3 heterocycles. The summed E-state index contributed by atoms with van der Waals surface area (Å²) in [5.74, 6) is -0.491. The van der Waals surface area contributed by atoms with Crippen LogP contribution >= 0.6 is 0 Å². The summed E-state index contributed by atoms with van der Waals surface area (Å²) in [4.78, 5) is 2.28. The van der Waals surface area contributed by atoms with E-state index < -0.39 is 5.91 Å². The van der Waals surface area contributed by atoms with Crippen molar-refractivity contribution in [2.24, 2.45) is 0 Å². The fourth-order valence-corrected chi connectivity index (χ4v) is 2.74. The summed E-state index contributed by atoms with van der Waals surface area (Å²) in [6, 6.07) is 0. The average Bonchev–Trinajstić information content (AvgIpc) is 2.88. The fourth-order valence-electron chi connectivity index (χ4n) is 2.74. The Bertz CT molecular complexity index is 256. The van der Waals surface area contributed by atoms with Gasteiger partial charge in [-0.15, -0.1) is 0 Å². The highest BCUT2D eigenvalue weighted by Gasteiger charge is 2.50. The quantitative estimate of drug-likeness (QED) is 0.706. The van der Waals surface area contributed by atoms with Crippen LogP contribution in [0.25, 0.3) is 0 Å². The second-order valence-corrected chi connectivity index (χ2v) is 4.65. The van der Waals surface area contributed by atoms with Gasteiger partial charge in [-0.2, -0.15) is 0 Å². The third-order valence-electron chi connectivity index (χ3n) is 3.42. The molecule has 92 valence electrons. The lowest BCUT2D eigenvalue weighted by atomic mass is 10.2. The molecule has 0 N–H and O–H groups in total. The lowest BCUT2D eigenvalue weighted by molar-refractivity contribution is -0.252. The topological polar surface area (TPSA) is 40.2 Å². The molecule has 3 fully saturated rings. The van der Waals surface area contributed by atoms with Gasteiger partial charge >= 0.3 is 0 Å². The molecule has 0 aromatic carbocycles. The lowest BCUT2D eigenvalue weighted by Crippen LogP contribution is -2.41. The summed E-state index contributed by atoms with van der Waals surface area (Å²) in [5, 5.41) is 0. The minimum atomic E-state index is -0.491. The first-order valence-corrected chi connectivity index (χ1v) is 6.08. The van der Waals surface area contributed by atoms with E-state index in [0.717, 1.165) is 32.5 Å². The predicted octanol–water partition coefficient (Wildman–Crippen LogP) is 0.544. The van der Waals surface area contributed by atoms with Crippen molar-refractivity contribution in [2.45, 2.75) is 38.1 Å². The molecule has 0 saturated carbocycles. The molecule has 5 heteroatoms. The van der Waals surface area contributed by atoms with Crippen molar-refractivity contribution >= 4 is 0 Å². The zero-order valence-corrected chi connectivity index (χ0v) is 9.68.